The maximum absolute atomic E-state index is 13.5. The summed E-state index contributed by atoms with van der Waals surface area (Å²) in [6.45, 7) is 4.44. The highest BCUT2D eigenvalue weighted by molar-refractivity contribution is 5.44. The van der Waals surface area contributed by atoms with Crippen LogP contribution in [-0.4, -0.2) is 29.3 Å². The van der Waals surface area contributed by atoms with Crippen molar-refractivity contribution in [3.05, 3.63) is 42.0 Å². The van der Waals surface area contributed by atoms with Gasteiger partial charge in [0.25, 0.3) is 0 Å². The second-order valence-corrected chi connectivity index (χ2v) is 4.61. The quantitative estimate of drug-likeness (QED) is 0.901. The van der Waals surface area contributed by atoms with Crippen LogP contribution in [0.15, 0.2) is 30.6 Å². The van der Waals surface area contributed by atoms with Crippen molar-refractivity contribution in [1.29, 1.82) is 0 Å². The molecule has 0 radical (unpaired) electrons. The summed E-state index contributed by atoms with van der Waals surface area (Å²) in [5.41, 5.74) is 1.63. The predicted octanol–water partition coefficient (Wildman–Crippen LogP) is 2.77. The molecule has 0 aliphatic heterocycles. The molecule has 1 heterocycles. The van der Waals surface area contributed by atoms with Crippen molar-refractivity contribution in [1.82, 2.24) is 9.55 Å². The molecule has 102 valence electrons. The van der Waals surface area contributed by atoms with E-state index >= 15 is 0 Å². The summed E-state index contributed by atoms with van der Waals surface area (Å²) >= 11 is 0. The van der Waals surface area contributed by atoms with Gasteiger partial charge in [-0.25, -0.2) is 9.37 Å². The largest absolute Gasteiger partial charge is 0.383 e. The van der Waals surface area contributed by atoms with Crippen molar-refractivity contribution in [2.45, 2.75) is 19.9 Å². The fraction of sp³-hybridized carbons (Fsp3) is 0.357. The topological polar surface area (TPSA) is 39.1 Å². The summed E-state index contributed by atoms with van der Waals surface area (Å²) < 4.78 is 20.4. The van der Waals surface area contributed by atoms with Crippen LogP contribution >= 0.6 is 0 Å². The summed E-state index contributed by atoms with van der Waals surface area (Å²) in [4.78, 5) is 4.25. The molecule has 1 aromatic heterocycles. The smallest absolute Gasteiger partial charge is 0.207 e. The molecule has 19 heavy (non-hydrogen) atoms. The first kappa shape index (κ1) is 13.5. The number of methoxy groups -OCH3 is 1. The van der Waals surface area contributed by atoms with Crippen molar-refractivity contribution in [3.8, 4) is 5.69 Å². The number of rotatable bonds is 5. The minimum absolute atomic E-state index is 0.126. The Bertz CT molecular complexity index is 533. The molecule has 2 aromatic rings. The van der Waals surface area contributed by atoms with Crippen LogP contribution in [0.4, 0.5) is 10.3 Å². The van der Waals surface area contributed by atoms with Gasteiger partial charge in [0.1, 0.15) is 5.82 Å². The number of nitrogens with one attached hydrogen (secondary N) is 1. The van der Waals surface area contributed by atoms with Crippen LogP contribution in [0.25, 0.3) is 5.69 Å². The summed E-state index contributed by atoms with van der Waals surface area (Å²) in [5.74, 6) is 0.425. The Morgan fingerprint density at radius 1 is 1.42 bits per heavy atom. The summed E-state index contributed by atoms with van der Waals surface area (Å²) in [6, 6.07) is 5.03. The van der Waals surface area contributed by atoms with Gasteiger partial charge in [-0.1, -0.05) is 0 Å². The average molecular weight is 263 g/mol. The number of ether oxygens (including phenoxy) is 1. The van der Waals surface area contributed by atoms with Crippen molar-refractivity contribution in [2.24, 2.45) is 0 Å². The lowest BCUT2D eigenvalue weighted by Crippen LogP contribution is -2.22. The molecule has 5 heteroatoms. The lowest BCUT2D eigenvalue weighted by atomic mass is 10.2. The molecular weight excluding hydrogens is 245 g/mol. The van der Waals surface area contributed by atoms with Gasteiger partial charge in [0, 0.05) is 25.5 Å². The highest BCUT2D eigenvalue weighted by Gasteiger charge is 2.09. The molecule has 0 saturated carbocycles. The van der Waals surface area contributed by atoms with E-state index in [2.05, 4.69) is 10.3 Å². The molecule has 1 unspecified atom stereocenters. The molecule has 2 rings (SSSR count). The molecule has 1 aromatic carbocycles. The lowest BCUT2D eigenvalue weighted by Gasteiger charge is -2.15. The van der Waals surface area contributed by atoms with Crippen LogP contribution < -0.4 is 5.32 Å². The summed E-state index contributed by atoms with van der Waals surface area (Å²) in [5, 5.41) is 3.23. The molecular formula is C14H18FN3O. The number of hydrogen-bond acceptors (Lipinski definition) is 3. The highest BCUT2D eigenvalue weighted by atomic mass is 19.1. The Hall–Kier alpha value is -1.88. The third-order valence-electron chi connectivity index (χ3n) is 2.74. The second kappa shape index (κ2) is 5.84. The predicted molar refractivity (Wildman–Crippen MR) is 73.2 cm³/mol. The van der Waals surface area contributed by atoms with E-state index in [1.165, 1.54) is 12.1 Å². The van der Waals surface area contributed by atoms with Gasteiger partial charge in [0.2, 0.25) is 5.95 Å². The number of imidazole rings is 1. The van der Waals surface area contributed by atoms with E-state index in [9.17, 15) is 4.39 Å². The number of benzene rings is 1. The van der Waals surface area contributed by atoms with E-state index in [0.717, 1.165) is 11.3 Å². The summed E-state index contributed by atoms with van der Waals surface area (Å²) in [6.07, 6.45) is 3.48. The zero-order valence-corrected chi connectivity index (χ0v) is 11.4. The molecule has 0 fully saturated rings. The molecule has 1 atom stereocenters. The number of anilines is 1. The van der Waals surface area contributed by atoms with Crippen LogP contribution in [0.2, 0.25) is 0 Å². The molecule has 0 aliphatic carbocycles. The van der Waals surface area contributed by atoms with Crippen molar-refractivity contribution in [2.75, 3.05) is 19.0 Å². The number of aromatic nitrogens is 2. The van der Waals surface area contributed by atoms with E-state index in [1.807, 2.05) is 24.5 Å². The van der Waals surface area contributed by atoms with Gasteiger partial charge in [0.05, 0.1) is 12.3 Å². The van der Waals surface area contributed by atoms with Gasteiger partial charge in [-0.05, 0) is 37.6 Å². The molecule has 1 N–H and O–H groups in total. The van der Waals surface area contributed by atoms with Crippen molar-refractivity contribution >= 4 is 5.95 Å². The zero-order valence-electron chi connectivity index (χ0n) is 11.4. The fourth-order valence-corrected chi connectivity index (χ4v) is 1.99. The minimum Gasteiger partial charge on any atom is -0.383 e. The normalized spacial score (nSPS) is 12.4. The standard InChI is InChI=1S/C14H18FN3O/c1-10-6-12(15)8-13(7-10)18-5-4-16-14(18)17-11(2)9-19-3/h4-8,11H,9H2,1-3H3,(H,16,17). The monoisotopic (exact) mass is 263 g/mol. The van der Waals surface area contributed by atoms with E-state index in [4.69, 9.17) is 4.74 Å². The first-order chi connectivity index (χ1) is 9.10. The Morgan fingerprint density at radius 3 is 2.89 bits per heavy atom. The van der Waals surface area contributed by atoms with Gasteiger partial charge in [-0.15, -0.1) is 0 Å². The second-order valence-electron chi connectivity index (χ2n) is 4.61. The SMILES string of the molecule is COCC(C)Nc1nccn1-c1cc(C)cc(F)c1. The maximum Gasteiger partial charge on any atom is 0.207 e. The van der Waals surface area contributed by atoms with Crippen LogP contribution in [-0.2, 0) is 4.74 Å². The molecule has 0 aliphatic rings. The maximum atomic E-state index is 13.5. The summed E-state index contributed by atoms with van der Waals surface area (Å²) in [7, 11) is 1.65. The van der Waals surface area contributed by atoms with E-state index in [-0.39, 0.29) is 11.9 Å². The van der Waals surface area contributed by atoms with Crippen LogP contribution in [0.3, 0.4) is 0 Å². The van der Waals surface area contributed by atoms with Crippen molar-refractivity contribution in [3.63, 3.8) is 0 Å². The fourth-order valence-electron chi connectivity index (χ4n) is 1.99. The number of hydrogen-bond donors (Lipinski definition) is 1. The highest BCUT2D eigenvalue weighted by Crippen LogP contribution is 2.18. The van der Waals surface area contributed by atoms with E-state index in [0.29, 0.717) is 12.6 Å². The number of nitrogens with zero attached hydrogens (tertiary/aromatic N) is 2. The van der Waals surface area contributed by atoms with Crippen molar-refractivity contribution < 1.29 is 9.13 Å². The Labute approximate surface area is 112 Å². The van der Waals surface area contributed by atoms with Gasteiger partial charge in [-0.3, -0.25) is 4.57 Å². The van der Waals surface area contributed by atoms with Crippen LogP contribution in [0, 0.1) is 12.7 Å². The van der Waals surface area contributed by atoms with Gasteiger partial charge in [-0.2, -0.15) is 0 Å². The third-order valence-corrected chi connectivity index (χ3v) is 2.74. The Kier molecular flexibility index (Phi) is 4.16. The van der Waals surface area contributed by atoms with E-state index < -0.39 is 0 Å². The first-order valence-electron chi connectivity index (χ1n) is 6.16. The molecule has 0 bridgehead atoms. The Morgan fingerprint density at radius 2 is 2.21 bits per heavy atom. The minimum atomic E-state index is -0.250. The molecule has 0 saturated heterocycles. The third kappa shape index (κ3) is 3.32. The average Bonchev–Trinajstić information content (AvgIpc) is 2.76. The number of halogens is 1. The zero-order chi connectivity index (χ0) is 13.8. The van der Waals surface area contributed by atoms with Crippen LogP contribution in [0.1, 0.15) is 12.5 Å². The molecule has 0 amide bonds. The molecule has 0 spiro atoms. The van der Waals surface area contributed by atoms with Gasteiger partial charge in [0.15, 0.2) is 0 Å². The lowest BCUT2D eigenvalue weighted by molar-refractivity contribution is 0.190. The van der Waals surface area contributed by atoms with Crippen LogP contribution in [0.5, 0.6) is 0 Å². The number of aryl methyl sites for hydroxylation is 1. The van der Waals surface area contributed by atoms with Gasteiger partial charge >= 0.3 is 0 Å². The van der Waals surface area contributed by atoms with E-state index in [1.54, 1.807) is 19.5 Å². The first-order valence-corrected chi connectivity index (χ1v) is 6.16. The Balaban J connectivity index is 2.28. The molecule has 4 nitrogen and oxygen atoms in total. The van der Waals surface area contributed by atoms with Gasteiger partial charge < -0.3 is 10.1 Å².